The smallest absolute Gasteiger partial charge is 0.306 e. The molecule has 0 radical (unpaired) electrons. The Morgan fingerprint density at radius 2 is 0.520 bits per heavy atom. The fraction of sp³-hybridized carbons (Fsp3) is 0.725. The third-order valence-electron chi connectivity index (χ3n) is 13.6. The normalized spacial score (nSPS) is 12.7. The molecule has 0 aliphatic rings. The van der Waals surface area contributed by atoms with Gasteiger partial charge in [-0.2, -0.15) is 0 Å². The molecule has 1 atom stereocenters. The number of allylic oxidation sites excluding steroid dienone is 16. The van der Waals surface area contributed by atoms with Gasteiger partial charge in [0.25, 0.3) is 0 Å². The Bertz CT molecular complexity index is 1480. The molecule has 0 aromatic carbocycles. The fourth-order valence-corrected chi connectivity index (χ4v) is 8.90. The van der Waals surface area contributed by atoms with E-state index in [1.165, 1.54) is 148 Å². The summed E-state index contributed by atoms with van der Waals surface area (Å²) in [6.45, 7) is 6.43. The molecule has 0 amide bonds. The summed E-state index contributed by atoms with van der Waals surface area (Å²) in [5, 5.41) is 0. The zero-order valence-electron chi connectivity index (χ0n) is 49.3. The SMILES string of the molecule is CC/C=C\C/C=C\C/C=C\C/C=C\CCCCCCCCCCCCC(=O)OCC(COC(=O)CCCCCCCCCCCCCCC)OC(=O)CCCCCCCCCC/C=C\C/C=C\C/C=C\C/C=C\CC. The van der Waals surface area contributed by atoms with Crippen LogP contribution in [0.1, 0.15) is 303 Å². The highest BCUT2D eigenvalue weighted by molar-refractivity contribution is 5.71. The van der Waals surface area contributed by atoms with Crippen molar-refractivity contribution in [3.8, 4) is 0 Å². The summed E-state index contributed by atoms with van der Waals surface area (Å²) in [7, 11) is 0. The van der Waals surface area contributed by atoms with Crippen LogP contribution < -0.4 is 0 Å². The summed E-state index contributed by atoms with van der Waals surface area (Å²) in [5.41, 5.74) is 0. The van der Waals surface area contributed by atoms with Crippen LogP contribution in [0.15, 0.2) is 97.2 Å². The lowest BCUT2D eigenvalue weighted by Crippen LogP contribution is -2.30. The highest BCUT2D eigenvalue weighted by Crippen LogP contribution is 2.16. The molecular weight excluding hydrogens is 925 g/mol. The molecule has 0 heterocycles. The van der Waals surface area contributed by atoms with Gasteiger partial charge in [0, 0.05) is 19.3 Å². The van der Waals surface area contributed by atoms with Gasteiger partial charge in [0.2, 0.25) is 0 Å². The molecule has 0 aliphatic heterocycles. The summed E-state index contributed by atoms with van der Waals surface area (Å²) in [5.74, 6) is -0.881. The predicted octanol–water partition coefficient (Wildman–Crippen LogP) is 21.7. The maximum Gasteiger partial charge on any atom is 0.306 e. The van der Waals surface area contributed by atoms with E-state index in [-0.39, 0.29) is 31.1 Å². The largest absolute Gasteiger partial charge is 0.462 e. The number of esters is 3. The van der Waals surface area contributed by atoms with E-state index in [1.807, 2.05) is 0 Å². The molecule has 0 spiro atoms. The quantitative estimate of drug-likeness (QED) is 0.0261. The summed E-state index contributed by atoms with van der Waals surface area (Å²) >= 11 is 0. The van der Waals surface area contributed by atoms with Crippen LogP contribution in [0, 0.1) is 0 Å². The maximum atomic E-state index is 12.9. The average Bonchev–Trinajstić information content (AvgIpc) is 3.41. The fourth-order valence-electron chi connectivity index (χ4n) is 8.90. The molecule has 430 valence electrons. The molecular formula is C69H118O6. The Kier molecular flexibility index (Phi) is 59.8. The van der Waals surface area contributed by atoms with Gasteiger partial charge in [-0.3, -0.25) is 14.4 Å². The van der Waals surface area contributed by atoms with Crippen LogP contribution >= 0.6 is 0 Å². The molecule has 0 aromatic heterocycles. The molecule has 6 nitrogen and oxygen atoms in total. The predicted molar refractivity (Wildman–Crippen MR) is 325 cm³/mol. The minimum atomic E-state index is -0.784. The van der Waals surface area contributed by atoms with Crippen LogP contribution in [-0.2, 0) is 28.6 Å². The van der Waals surface area contributed by atoms with Crippen LogP contribution in [0.2, 0.25) is 0 Å². The van der Waals surface area contributed by atoms with Gasteiger partial charge in [0.05, 0.1) is 0 Å². The van der Waals surface area contributed by atoms with Crippen molar-refractivity contribution in [1.82, 2.24) is 0 Å². The second-order valence-electron chi connectivity index (χ2n) is 20.9. The first-order valence-electron chi connectivity index (χ1n) is 31.7. The van der Waals surface area contributed by atoms with Gasteiger partial charge >= 0.3 is 17.9 Å². The lowest BCUT2D eigenvalue weighted by molar-refractivity contribution is -0.167. The number of ether oxygens (including phenoxy) is 3. The Labute approximate surface area is 464 Å². The van der Waals surface area contributed by atoms with Gasteiger partial charge in [-0.15, -0.1) is 0 Å². The van der Waals surface area contributed by atoms with Gasteiger partial charge in [0.1, 0.15) is 13.2 Å². The standard InChI is InChI=1S/C69H118O6/c1-4-7-10-13-16-19-22-25-27-29-31-33-34-36-37-39-41-44-47-50-53-56-59-62-68(71)74-65-66(64-73-67(70)61-58-55-52-49-46-43-24-21-18-15-12-9-6-3)75-69(72)63-60-57-54-51-48-45-42-40-38-35-32-30-28-26-23-20-17-14-11-8-5-2/h7-8,10-11,16-17,19-20,25-28,31-33,35,66H,4-6,9,12-15,18,21-24,29-30,34,36-65H2,1-3H3/b10-7-,11-8-,19-16-,20-17-,27-25-,28-26-,33-31-,35-32-. The number of hydrogen-bond donors (Lipinski definition) is 0. The zero-order valence-corrected chi connectivity index (χ0v) is 49.3. The van der Waals surface area contributed by atoms with E-state index in [0.29, 0.717) is 19.3 Å². The van der Waals surface area contributed by atoms with Crippen molar-refractivity contribution in [1.29, 1.82) is 0 Å². The lowest BCUT2D eigenvalue weighted by Gasteiger charge is -2.18. The number of carbonyl (C=O) groups excluding carboxylic acids is 3. The zero-order chi connectivity index (χ0) is 54.3. The highest BCUT2D eigenvalue weighted by atomic mass is 16.6. The molecule has 0 aromatic rings. The third-order valence-corrected chi connectivity index (χ3v) is 13.6. The lowest BCUT2D eigenvalue weighted by atomic mass is 10.0. The molecule has 6 heteroatoms. The van der Waals surface area contributed by atoms with Crippen molar-refractivity contribution >= 4 is 17.9 Å². The molecule has 0 saturated carbocycles. The summed E-state index contributed by atoms with van der Waals surface area (Å²) in [6.07, 6.45) is 84.0. The highest BCUT2D eigenvalue weighted by Gasteiger charge is 2.19. The van der Waals surface area contributed by atoms with E-state index < -0.39 is 6.10 Å². The molecule has 0 N–H and O–H groups in total. The van der Waals surface area contributed by atoms with Gasteiger partial charge < -0.3 is 14.2 Å². The van der Waals surface area contributed by atoms with Crippen molar-refractivity contribution in [3.05, 3.63) is 97.2 Å². The van der Waals surface area contributed by atoms with Crippen molar-refractivity contribution in [3.63, 3.8) is 0 Å². The molecule has 1 unspecified atom stereocenters. The number of carbonyl (C=O) groups is 3. The van der Waals surface area contributed by atoms with Gasteiger partial charge in [-0.25, -0.2) is 0 Å². The summed E-state index contributed by atoms with van der Waals surface area (Å²) in [6, 6.07) is 0. The van der Waals surface area contributed by atoms with Gasteiger partial charge in [0.15, 0.2) is 6.10 Å². The minimum absolute atomic E-state index is 0.0795. The number of rotatable bonds is 57. The first-order valence-corrected chi connectivity index (χ1v) is 31.7. The van der Waals surface area contributed by atoms with E-state index in [4.69, 9.17) is 14.2 Å². The summed E-state index contributed by atoms with van der Waals surface area (Å²) in [4.78, 5) is 38.3. The van der Waals surface area contributed by atoms with Crippen molar-refractivity contribution in [2.24, 2.45) is 0 Å². The van der Waals surface area contributed by atoms with Crippen LogP contribution in [0.3, 0.4) is 0 Å². The monoisotopic (exact) mass is 1040 g/mol. The second kappa shape index (κ2) is 62.9. The van der Waals surface area contributed by atoms with Gasteiger partial charge in [-0.1, -0.05) is 285 Å². The van der Waals surface area contributed by atoms with E-state index in [0.717, 1.165) is 116 Å². The third kappa shape index (κ3) is 61.1. The Morgan fingerprint density at radius 3 is 0.813 bits per heavy atom. The first-order chi connectivity index (χ1) is 37.0. The maximum absolute atomic E-state index is 12.9. The number of hydrogen-bond acceptors (Lipinski definition) is 6. The van der Waals surface area contributed by atoms with Crippen molar-refractivity contribution < 1.29 is 28.6 Å². The number of unbranched alkanes of at least 4 members (excludes halogenated alkanes) is 30. The van der Waals surface area contributed by atoms with E-state index in [1.54, 1.807) is 0 Å². The van der Waals surface area contributed by atoms with E-state index in [2.05, 4.69) is 118 Å². The molecule has 0 aliphatic carbocycles. The Hall–Kier alpha value is -3.67. The molecule has 75 heavy (non-hydrogen) atoms. The molecule has 0 bridgehead atoms. The van der Waals surface area contributed by atoms with Crippen LogP contribution in [0.4, 0.5) is 0 Å². The Morgan fingerprint density at radius 1 is 0.280 bits per heavy atom. The van der Waals surface area contributed by atoms with Crippen LogP contribution in [0.25, 0.3) is 0 Å². The average molecular weight is 1040 g/mol. The molecule has 0 fully saturated rings. The summed E-state index contributed by atoms with van der Waals surface area (Å²) < 4.78 is 16.9. The van der Waals surface area contributed by atoms with Gasteiger partial charge in [-0.05, 0) is 96.3 Å². The van der Waals surface area contributed by atoms with Crippen molar-refractivity contribution in [2.45, 2.75) is 309 Å². The van der Waals surface area contributed by atoms with E-state index in [9.17, 15) is 14.4 Å². The van der Waals surface area contributed by atoms with Crippen molar-refractivity contribution in [2.75, 3.05) is 13.2 Å². The van der Waals surface area contributed by atoms with E-state index >= 15 is 0 Å². The van der Waals surface area contributed by atoms with Crippen LogP contribution in [0.5, 0.6) is 0 Å². The van der Waals surface area contributed by atoms with Crippen LogP contribution in [-0.4, -0.2) is 37.2 Å². The Balaban J connectivity index is 4.35. The molecule has 0 saturated heterocycles. The topological polar surface area (TPSA) is 78.9 Å². The molecule has 0 rings (SSSR count). The second-order valence-corrected chi connectivity index (χ2v) is 20.9. The first kappa shape index (κ1) is 71.3. The minimum Gasteiger partial charge on any atom is -0.462 e.